The molecule has 0 radical (unpaired) electrons. The minimum atomic E-state index is -0.746. The van der Waals surface area contributed by atoms with Crippen molar-refractivity contribution in [2.24, 2.45) is 17.5 Å². The van der Waals surface area contributed by atoms with Gasteiger partial charge in [0.2, 0.25) is 0 Å². The number of nitrogens with zero attached hydrogens (tertiary/aromatic N) is 5. The first kappa shape index (κ1) is 25.7. The number of carboxylic acid groups (broad SMARTS) is 1. The van der Waals surface area contributed by atoms with E-state index in [1.807, 2.05) is 18.2 Å². The Balaban J connectivity index is 1.52. The van der Waals surface area contributed by atoms with E-state index in [0.717, 1.165) is 62.3 Å². The molecule has 2 fully saturated rings. The molecule has 1 aliphatic heterocycles. The number of carbonyl (C=O) groups is 1. The molecular formula is C26H37N7O3. The lowest BCUT2D eigenvalue weighted by Gasteiger charge is -2.35. The Morgan fingerprint density at radius 3 is 2.69 bits per heavy atom. The summed E-state index contributed by atoms with van der Waals surface area (Å²) in [7, 11) is 1.71. The van der Waals surface area contributed by atoms with Gasteiger partial charge in [0.15, 0.2) is 0 Å². The number of rotatable bonds is 10. The van der Waals surface area contributed by atoms with Crippen molar-refractivity contribution in [2.45, 2.75) is 57.8 Å². The summed E-state index contributed by atoms with van der Waals surface area (Å²) < 4.78 is 5.88. The highest BCUT2D eigenvalue weighted by molar-refractivity contribution is 5.68. The van der Waals surface area contributed by atoms with Crippen molar-refractivity contribution >= 4 is 17.4 Å². The van der Waals surface area contributed by atoms with Gasteiger partial charge in [-0.15, -0.1) is 0 Å². The lowest BCUT2D eigenvalue weighted by atomic mass is 9.83. The number of piperidine rings is 1. The number of hydrogen-bond donors (Lipinski definition) is 3. The van der Waals surface area contributed by atoms with Crippen molar-refractivity contribution in [2.75, 3.05) is 31.6 Å². The van der Waals surface area contributed by atoms with Crippen molar-refractivity contribution in [3.8, 4) is 6.01 Å². The number of pyridine rings is 1. The summed E-state index contributed by atoms with van der Waals surface area (Å²) in [6, 6.07) is 6.17. The Hall–Kier alpha value is -3.40. The highest BCUT2D eigenvalue weighted by Crippen LogP contribution is 2.35. The monoisotopic (exact) mass is 495 g/mol. The van der Waals surface area contributed by atoms with E-state index in [0.29, 0.717) is 29.0 Å². The van der Waals surface area contributed by atoms with Gasteiger partial charge in [-0.05, 0) is 56.2 Å². The molecule has 10 heteroatoms. The van der Waals surface area contributed by atoms with Crippen LogP contribution in [0.1, 0.15) is 68.4 Å². The minimum absolute atomic E-state index is 0.112. The summed E-state index contributed by atoms with van der Waals surface area (Å²) in [6.45, 7) is 3.77. The molecule has 1 atom stereocenters. The number of aliphatic carboxylic acids is 1. The number of nitrogens with two attached hydrogens (primary N) is 2. The molecule has 0 bridgehead atoms. The van der Waals surface area contributed by atoms with Gasteiger partial charge in [0.1, 0.15) is 6.61 Å². The average molecular weight is 496 g/mol. The Labute approximate surface area is 212 Å². The van der Waals surface area contributed by atoms with E-state index in [1.165, 1.54) is 11.4 Å². The lowest BCUT2D eigenvalue weighted by Crippen LogP contribution is -2.37. The quantitative estimate of drug-likeness (QED) is 0.332. The van der Waals surface area contributed by atoms with Crippen LogP contribution in [0, 0.1) is 5.92 Å². The third-order valence-electron chi connectivity index (χ3n) is 7.14. The summed E-state index contributed by atoms with van der Waals surface area (Å²) in [4.78, 5) is 27.1. The van der Waals surface area contributed by atoms with Crippen LogP contribution in [0.2, 0.25) is 0 Å². The Kier molecular flexibility index (Phi) is 8.25. The van der Waals surface area contributed by atoms with Crippen LogP contribution in [0.3, 0.4) is 0 Å². The van der Waals surface area contributed by atoms with E-state index in [9.17, 15) is 9.90 Å². The molecule has 2 aliphatic rings. The summed E-state index contributed by atoms with van der Waals surface area (Å²) in [6.07, 6.45) is 8.08. The molecule has 194 valence electrons. The number of aromatic nitrogens is 3. The standard InChI is InChI=1S/C26H37N7O3/c1-3-19-22(33-13-5-6-17(15-33)14-24(34)35)10-9-21(30-19)25(27)23(32(2)28)16-36-26-29-12-11-20(31-26)18-7-4-8-18/h9-12,17-18H,3-8,13-16,27-28H2,1-2H3,(H,34,35)/b25-23-. The highest BCUT2D eigenvalue weighted by atomic mass is 16.5. The Bertz CT molecular complexity index is 1100. The van der Waals surface area contributed by atoms with Crippen LogP contribution < -0.4 is 21.2 Å². The van der Waals surface area contributed by atoms with Crippen molar-refractivity contribution < 1.29 is 14.6 Å². The summed E-state index contributed by atoms with van der Waals surface area (Å²) >= 11 is 0. The lowest BCUT2D eigenvalue weighted by molar-refractivity contribution is -0.138. The molecule has 1 saturated heterocycles. The fraction of sp³-hybridized carbons (Fsp3) is 0.538. The van der Waals surface area contributed by atoms with Gasteiger partial charge in [-0.2, -0.15) is 4.98 Å². The fourth-order valence-electron chi connectivity index (χ4n) is 4.89. The number of likely N-dealkylation sites (N-methyl/N-ethyl adjacent to an activating group) is 1. The number of anilines is 1. The van der Waals surface area contributed by atoms with Crippen molar-refractivity contribution in [3.63, 3.8) is 0 Å². The molecule has 1 saturated carbocycles. The maximum atomic E-state index is 11.2. The van der Waals surface area contributed by atoms with Crippen LogP contribution in [0.5, 0.6) is 6.01 Å². The zero-order valence-electron chi connectivity index (χ0n) is 21.2. The molecular weight excluding hydrogens is 458 g/mol. The van der Waals surface area contributed by atoms with Gasteiger partial charge in [0.25, 0.3) is 0 Å². The van der Waals surface area contributed by atoms with Gasteiger partial charge < -0.3 is 25.5 Å². The van der Waals surface area contributed by atoms with Crippen LogP contribution in [-0.4, -0.2) is 57.8 Å². The first-order valence-corrected chi connectivity index (χ1v) is 12.8. The summed E-state index contributed by atoms with van der Waals surface area (Å²) in [5, 5.41) is 10.6. The first-order chi connectivity index (χ1) is 17.4. The van der Waals surface area contributed by atoms with Crippen LogP contribution in [0.15, 0.2) is 30.1 Å². The fourth-order valence-corrected chi connectivity index (χ4v) is 4.89. The number of ether oxygens (including phenoxy) is 1. The molecule has 10 nitrogen and oxygen atoms in total. The zero-order chi connectivity index (χ0) is 25.7. The van der Waals surface area contributed by atoms with Gasteiger partial charge in [-0.3, -0.25) is 4.79 Å². The second-order valence-electron chi connectivity index (χ2n) is 9.72. The first-order valence-electron chi connectivity index (χ1n) is 12.8. The molecule has 1 unspecified atom stereocenters. The summed E-state index contributed by atoms with van der Waals surface area (Å²) in [5.74, 6) is 6.00. The van der Waals surface area contributed by atoms with E-state index in [4.69, 9.17) is 21.3 Å². The highest BCUT2D eigenvalue weighted by Gasteiger charge is 2.25. The maximum Gasteiger partial charge on any atom is 0.316 e. The molecule has 4 rings (SSSR count). The van der Waals surface area contributed by atoms with E-state index >= 15 is 0 Å². The molecule has 0 spiro atoms. The predicted octanol–water partition coefficient (Wildman–Crippen LogP) is 2.90. The van der Waals surface area contributed by atoms with E-state index in [-0.39, 0.29) is 18.9 Å². The second-order valence-corrected chi connectivity index (χ2v) is 9.72. The van der Waals surface area contributed by atoms with E-state index in [1.54, 1.807) is 13.2 Å². The number of hydrogen-bond acceptors (Lipinski definition) is 9. The molecule has 1 aliphatic carbocycles. The van der Waals surface area contributed by atoms with Crippen molar-refractivity contribution in [1.29, 1.82) is 0 Å². The van der Waals surface area contributed by atoms with E-state index in [2.05, 4.69) is 21.8 Å². The molecule has 2 aromatic rings. The Morgan fingerprint density at radius 2 is 2.03 bits per heavy atom. The number of carboxylic acids is 1. The van der Waals surface area contributed by atoms with Crippen molar-refractivity contribution in [1.82, 2.24) is 20.0 Å². The molecule has 5 N–H and O–H groups in total. The Morgan fingerprint density at radius 1 is 1.22 bits per heavy atom. The normalized spacial score (nSPS) is 18.9. The zero-order valence-corrected chi connectivity index (χ0v) is 21.2. The van der Waals surface area contributed by atoms with Gasteiger partial charge in [-0.25, -0.2) is 15.8 Å². The molecule has 2 aromatic heterocycles. The van der Waals surface area contributed by atoms with Gasteiger partial charge in [-0.1, -0.05) is 13.3 Å². The second kappa shape index (κ2) is 11.6. The van der Waals surface area contributed by atoms with Crippen LogP contribution in [0.4, 0.5) is 5.69 Å². The maximum absolute atomic E-state index is 11.2. The minimum Gasteiger partial charge on any atom is -0.481 e. The number of hydrazine groups is 1. The van der Waals surface area contributed by atoms with Gasteiger partial charge in [0.05, 0.1) is 34.2 Å². The van der Waals surface area contributed by atoms with Crippen LogP contribution >= 0.6 is 0 Å². The van der Waals surface area contributed by atoms with E-state index < -0.39 is 5.97 Å². The largest absolute Gasteiger partial charge is 0.481 e. The molecule has 36 heavy (non-hydrogen) atoms. The summed E-state index contributed by atoms with van der Waals surface area (Å²) in [5.41, 5.74) is 11.1. The average Bonchev–Trinajstić information content (AvgIpc) is 2.82. The molecule has 0 amide bonds. The van der Waals surface area contributed by atoms with Gasteiger partial charge in [0, 0.05) is 38.7 Å². The van der Waals surface area contributed by atoms with Crippen LogP contribution in [0.25, 0.3) is 5.70 Å². The number of aryl methyl sites for hydroxylation is 1. The SMILES string of the molecule is CCc1nc(/C(N)=C(\COc2nccc(C3CCC3)n2)N(C)N)ccc1N1CCCC(CC(=O)O)C1. The predicted molar refractivity (Wildman–Crippen MR) is 138 cm³/mol. The third kappa shape index (κ3) is 6.04. The topological polar surface area (TPSA) is 144 Å². The molecule has 0 aromatic carbocycles. The molecule has 3 heterocycles. The third-order valence-corrected chi connectivity index (χ3v) is 7.14. The van der Waals surface area contributed by atoms with Crippen molar-refractivity contribution in [3.05, 3.63) is 47.2 Å². The van der Waals surface area contributed by atoms with Gasteiger partial charge >= 0.3 is 12.0 Å². The van der Waals surface area contributed by atoms with Crippen LogP contribution in [-0.2, 0) is 11.2 Å². The smallest absolute Gasteiger partial charge is 0.316 e.